The van der Waals surface area contributed by atoms with Crippen LogP contribution in [0.15, 0.2) is 70.5 Å². The lowest BCUT2D eigenvalue weighted by Gasteiger charge is -2.26. The summed E-state index contributed by atoms with van der Waals surface area (Å²) in [6.07, 6.45) is 0. The predicted molar refractivity (Wildman–Crippen MR) is 107 cm³/mol. The van der Waals surface area contributed by atoms with Crippen LogP contribution in [0.2, 0.25) is 0 Å². The molecule has 3 aromatic rings. The summed E-state index contributed by atoms with van der Waals surface area (Å²) < 4.78 is 7.83. The van der Waals surface area contributed by atoms with Gasteiger partial charge in [0.15, 0.2) is 0 Å². The van der Waals surface area contributed by atoms with E-state index in [4.69, 9.17) is 15.6 Å². The van der Waals surface area contributed by atoms with E-state index in [0.29, 0.717) is 17.2 Å². The summed E-state index contributed by atoms with van der Waals surface area (Å²) in [4.78, 5) is 0. The molecule has 1 aliphatic heterocycles. The van der Waals surface area contributed by atoms with Crippen LogP contribution in [0.5, 0.6) is 5.75 Å². The van der Waals surface area contributed by atoms with Gasteiger partial charge in [0.2, 0.25) is 0 Å². The zero-order chi connectivity index (χ0) is 19.0. The quantitative estimate of drug-likeness (QED) is 0.666. The lowest BCUT2D eigenvalue weighted by Crippen LogP contribution is -2.28. The van der Waals surface area contributed by atoms with E-state index in [9.17, 15) is 5.26 Å². The summed E-state index contributed by atoms with van der Waals surface area (Å²) >= 11 is 3.64. The van der Waals surface area contributed by atoms with Gasteiger partial charge in [-0.3, -0.25) is 0 Å². The van der Waals surface area contributed by atoms with Crippen molar-refractivity contribution in [1.82, 2.24) is 9.78 Å². The summed E-state index contributed by atoms with van der Waals surface area (Å²) in [6.45, 7) is 0. The third kappa shape index (κ3) is 2.84. The van der Waals surface area contributed by atoms with Crippen LogP contribution in [0, 0.1) is 11.3 Å². The van der Waals surface area contributed by atoms with E-state index in [0.717, 1.165) is 27.0 Å². The van der Waals surface area contributed by atoms with Gasteiger partial charge in [0.05, 0.1) is 17.2 Å². The number of allylic oxidation sites excluding steroid dienone is 1. The summed E-state index contributed by atoms with van der Waals surface area (Å²) in [7, 11) is 1.62. The number of hydrogen-bond donors (Lipinski definition) is 2. The molecule has 1 atom stereocenters. The molecular formula is C20H16BrN5O. The van der Waals surface area contributed by atoms with Gasteiger partial charge in [-0.25, -0.2) is 4.68 Å². The van der Waals surface area contributed by atoms with Crippen molar-refractivity contribution in [3.63, 3.8) is 0 Å². The number of nitriles is 1. The lowest BCUT2D eigenvalue weighted by molar-refractivity contribution is 0.414. The van der Waals surface area contributed by atoms with Crippen LogP contribution in [0.25, 0.3) is 11.3 Å². The monoisotopic (exact) mass is 421 g/mol. The number of anilines is 1. The van der Waals surface area contributed by atoms with E-state index in [1.54, 1.807) is 11.8 Å². The van der Waals surface area contributed by atoms with E-state index in [-0.39, 0.29) is 0 Å². The number of halogens is 1. The van der Waals surface area contributed by atoms with E-state index in [1.807, 2.05) is 54.6 Å². The smallest absolute Gasteiger partial charge is 0.146 e. The molecule has 1 aromatic heterocycles. The van der Waals surface area contributed by atoms with Gasteiger partial charge in [-0.15, -0.1) is 0 Å². The SMILES string of the molecule is COc1ccc(C2C(C#N)=C(N)Nc3c(Br)c(-c4ccccc4)nn32)cc1. The maximum absolute atomic E-state index is 9.71. The van der Waals surface area contributed by atoms with Gasteiger partial charge < -0.3 is 15.8 Å². The van der Waals surface area contributed by atoms with Crippen LogP contribution in [0.3, 0.4) is 0 Å². The number of ether oxygens (including phenoxy) is 1. The molecule has 2 aromatic carbocycles. The van der Waals surface area contributed by atoms with Gasteiger partial charge in [0, 0.05) is 5.56 Å². The molecular weight excluding hydrogens is 406 g/mol. The lowest BCUT2D eigenvalue weighted by atomic mass is 9.98. The summed E-state index contributed by atoms with van der Waals surface area (Å²) in [6, 6.07) is 19.2. The highest BCUT2D eigenvalue weighted by atomic mass is 79.9. The molecule has 0 amide bonds. The van der Waals surface area contributed by atoms with E-state index < -0.39 is 6.04 Å². The molecule has 3 N–H and O–H groups in total. The van der Waals surface area contributed by atoms with Crippen LogP contribution in [-0.4, -0.2) is 16.9 Å². The third-order valence-electron chi connectivity index (χ3n) is 4.51. The first-order chi connectivity index (χ1) is 13.1. The number of hydrogen-bond acceptors (Lipinski definition) is 5. The highest BCUT2D eigenvalue weighted by Crippen LogP contribution is 2.42. The first kappa shape index (κ1) is 17.2. The first-order valence-electron chi connectivity index (χ1n) is 8.28. The first-order valence-corrected chi connectivity index (χ1v) is 9.07. The molecule has 0 radical (unpaired) electrons. The van der Waals surface area contributed by atoms with Gasteiger partial charge in [0.1, 0.15) is 35.2 Å². The molecule has 0 saturated heterocycles. The highest BCUT2D eigenvalue weighted by molar-refractivity contribution is 9.10. The van der Waals surface area contributed by atoms with Crippen molar-refractivity contribution in [3.8, 4) is 23.1 Å². The van der Waals surface area contributed by atoms with E-state index in [1.165, 1.54) is 0 Å². The van der Waals surface area contributed by atoms with Crippen molar-refractivity contribution >= 4 is 21.7 Å². The number of fused-ring (bicyclic) bond motifs is 1. The Kier molecular flexibility index (Phi) is 4.34. The molecule has 27 heavy (non-hydrogen) atoms. The highest BCUT2D eigenvalue weighted by Gasteiger charge is 2.32. The maximum atomic E-state index is 9.71. The van der Waals surface area contributed by atoms with Crippen LogP contribution in [-0.2, 0) is 0 Å². The summed E-state index contributed by atoms with van der Waals surface area (Å²) in [5, 5.41) is 17.6. The maximum Gasteiger partial charge on any atom is 0.146 e. The molecule has 2 heterocycles. The molecule has 4 rings (SSSR count). The second-order valence-corrected chi connectivity index (χ2v) is 6.85. The fourth-order valence-electron chi connectivity index (χ4n) is 3.17. The molecule has 0 fully saturated rings. The average Bonchev–Trinajstić information content (AvgIpc) is 3.04. The van der Waals surface area contributed by atoms with Gasteiger partial charge in [-0.05, 0) is 33.6 Å². The molecule has 0 aliphatic carbocycles. The molecule has 6 nitrogen and oxygen atoms in total. The molecule has 7 heteroatoms. The number of benzene rings is 2. The molecule has 1 aliphatic rings. The van der Waals surface area contributed by atoms with Crippen LogP contribution < -0.4 is 15.8 Å². The van der Waals surface area contributed by atoms with Gasteiger partial charge in [-0.2, -0.15) is 10.4 Å². The number of methoxy groups -OCH3 is 1. The van der Waals surface area contributed by atoms with Crippen LogP contribution in [0.1, 0.15) is 11.6 Å². The van der Waals surface area contributed by atoms with Crippen molar-refractivity contribution in [2.45, 2.75) is 6.04 Å². The summed E-state index contributed by atoms with van der Waals surface area (Å²) in [5.41, 5.74) is 9.23. The fraction of sp³-hybridized carbons (Fsp3) is 0.100. The van der Waals surface area contributed by atoms with Crippen molar-refractivity contribution in [3.05, 3.63) is 76.0 Å². The molecule has 0 saturated carbocycles. The average molecular weight is 422 g/mol. The second kappa shape index (κ2) is 6.82. The van der Waals surface area contributed by atoms with Gasteiger partial charge >= 0.3 is 0 Å². The Morgan fingerprint density at radius 3 is 2.52 bits per heavy atom. The van der Waals surface area contributed by atoms with Crippen molar-refractivity contribution in [2.75, 3.05) is 12.4 Å². The standard InChI is InChI=1S/C20H16BrN5O/c1-27-14-9-7-13(8-10-14)18-15(11-22)19(23)24-20-16(21)17(25-26(18)20)12-5-3-2-4-6-12/h2-10,18,24H,23H2,1H3. The van der Waals surface area contributed by atoms with Crippen molar-refractivity contribution < 1.29 is 4.74 Å². The number of nitrogens with zero attached hydrogens (tertiary/aromatic N) is 3. The number of nitrogens with two attached hydrogens (primary N) is 1. The van der Waals surface area contributed by atoms with Crippen LogP contribution >= 0.6 is 15.9 Å². The minimum atomic E-state index is -0.425. The fourth-order valence-corrected chi connectivity index (χ4v) is 3.76. The number of nitrogens with one attached hydrogen (secondary N) is 1. The largest absolute Gasteiger partial charge is 0.497 e. The zero-order valence-corrected chi connectivity index (χ0v) is 16.1. The van der Waals surface area contributed by atoms with Gasteiger partial charge in [0.25, 0.3) is 0 Å². The topological polar surface area (TPSA) is 88.9 Å². The Labute approximate surface area is 165 Å². The van der Waals surface area contributed by atoms with Crippen LogP contribution in [0.4, 0.5) is 5.82 Å². The minimum Gasteiger partial charge on any atom is -0.497 e. The Balaban J connectivity index is 1.90. The predicted octanol–water partition coefficient (Wildman–Crippen LogP) is 4.03. The number of aromatic nitrogens is 2. The Morgan fingerprint density at radius 2 is 1.89 bits per heavy atom. The van der Waals surface area contributed by atoms with E-state index >= 15 is 0 Å². The minimum absolute atomic E-state index is 0.325. The molecule has 0 bridgehead atoms. The van der Waals surface area contributed by atoms with Gasteiger partial charge in [-0.1, -0.05) is 42.5 Å². The molecule has 0 spiro atoms. The van der Waals surface area contributed by atoms with Crippen molar-refractivity contribution in [2.24, 2.45) is 5.73 Å². The normalized spacial score (nSPS) is 15.7. The zero-order valence-electron chi connectivity index (χ0n) is 14.5. The van der Waals surface area contributed by atoms with Crippen molar-refractivity contribution in [1.29, 1.82) is 5.26 Å². The van der Waals surface area contributed by atoms with E-state index in [2.05, 4.69) is 27.3 Å². The Bertz CT molecular complexity index is 1060. The Morgan fingerprint density at radius 1 is 1.19 bits per heavy atom. The third-order valence-corrected chi connectivity index (χ3v) is 5.26. The number of rotatable bonds is 3. The Hall–Kier alpha value is -3.24. The molecule has 134 valence electrons. The second-order valence-electron chi connectivity index (χ2n) is 6.06. The molecule has 1 unspecified atom stereocenters. The summed E-state index contributed by atoms with van der Waals surface area (Å²) in [5.74, 6) is 1.78.